The summed E-state index contributed by atoms with van der Waals surface area (Å²) < 4.78 is 18.9. The number of halogens is 1. The SMILES string of the molecule is CC(C)C(C(=O)N(C)CCC1CCCCO1)c1ccc(F)cc1. The number of rotatable bonds is 6. The Balaban J connectivity index is 1.97. The minimum absolute atomic E-state index is 0.0995. The van der Waals surface area contributed by atoms with Gasteiger partial charge in [0.15, 0.2) is 0 Å². The summed E-state index contributed by atoms with van der Waals surface area (Å²) >= 11 is 0. The molecule has 2 rings (SSSR count). The lowest BCUT2D eigenvalue weighted by Crippen LogP contribution is -2.36. The molecule has 3 nitrogen and oxygen atoms in total. The van der Waals surface area contributed by atoms with Gasteiger partial charge in [-0.2, -0.15) is 0 Å². The van der Waals surface area contributed by atoms with Crippen LogP contribution >= 0.6 is 0 Å². The van der Waals surface area contributed by atoms with Crippen molar-refractivity contribution in [1.29, 1.82) is 0 Å². The maximum Gasteiger partial charge on any atom is 0.230 e. The van der Waals surface area contributed by atoms with E-state index < -0.39 is 0 Å². The number of nitrogens with zero attached hydrogens (tertiary/aromatic N) is 1. The second kappa shape index (κ2) is 8.44. The molecule has 0 aliphatic carbocycles. The van der Waals surface area contributed by atoms with E-state index in [4.69, 9.17) is 4.74 Å². The van der Waals surface area contributed by atoms with E-state index in [1.807, 2.05) is 20.9 Å². The van der Waals surface area contributed by atoms with E-state index in [0.717, 1.165) is 31.4 Å². The van der Waals surface area contributed by atoms with Crippen molar-refractivity contribution in [3.05, 3.63) is 35.6 Å². The van der Waals surface area contributed by atoms with Crippen LogP contribution in [0.15, 0.2) is 24.3 Å². The molecule has 1 saturated heterocycles. The molecule has 0 aromatic heterocycles. The summed E-state index contributed by atoms with van der Waals surface area (Å²) in [6, 6.07) is 6.29. The Morgan fingerprint density at radius 2 is 2.00 bits per heavy atom. The molecule has 1 fully saturated rings. The first-order valence-electron chi connectivity index (χ1n) is 8.61. The van der Waals surface area contributed by atoms with Crippen LogP contribution in [-0.2, 0) is 9.53 Å². The largest absolute Gasteiger partial charge is 0.378 e. The maximum atomic E-state index is 13.1. The van der Waals surface area contributed by atoms with E-state index in [1.165, 1.54) is 18.6 Å². The smallest absolute Gasteiger partial charge is 0.230 e. The van der Waals surface area contributed by atoms with Gasteiger partial charge in [-0.1, -0.05) is 26.0 Å². The first kappa shape index (κ1) is 17.9. The van der Waals surface area contributed by atoms with E-state index in [-0.39, 0.29) is 29.7 Å². The predicted molar refractivity (Wildman–Crippen MR) is 89.8 cm³/mol. The van der Waals surface area contributed by atoms with Gasteiger partial charge in [-0.3, -0.25) is 4.79 Å². The molecule has 1 aliphatic heterocycles. The van der Waals surface area contributed by atoms with Crippen molar-refractivity contribution in [1.82, 2.24) is 4.90 Å². The molecule has 1 heterocycles. The third-order valence-corrected chi connectivity index (χ3v) is 4.60. The van der Waals surface area contributed by atoms with E-state index in [0.29, 0.717) is 6.54 Å². The summed E-state index contributed by atoms with van der Waals surface area (Å²) in [7, 11) is 1.85. The number of benzene rings is 1. The molecule has 4 heteroatoms. The molecule has 0 radical (unpaired) electrons. The Labute approximate surface area is 138 Å². The highest BCUT2D eigenvalue weighted by Gasteiger charge is 2.27. The Morgan fingerprint density at radius 1 is 1.30 bits per heavy atom. The Hall–Kier alpha value is -1.42. The van der Waals surface area contributed by atoms with Crippen LogP contribution in [-0.4, -0.2) is 37.1 Å². The van der Waals surface area contributed by atoms with Gasteiger partial charge >= 0.3 is 0 Å². The summed E-state index contributed by atoms with van der Waals surface area (Å²) in [5.74, 6) is -0.233. The Bertz CT molecular complexity index is 495. The standard InChI is InChI=1S/C19H28FNO2/c1-14(2)18(15-7-9-16(20)10-8-15)19(22)21(3)12-11-17-6-4-5-13-23-17/h7-10,14,17-18H,4-6,11-13H2,1-3H3. The summed E-state index contributed by atoms with van der Waals surface area (Å²) in [5.41, 5.74) is 0.882. The zero-order valence-electron chi connectivity index (χ0n) is 14.4. The van der Waals surface area contributed by atoms with Crippen molar-refractivity contribution in [2.75, 3.05) is 20.2 Å². The quantitative estimate of drug-likeness (QED) is 0.793. The van der Waals surface area contributed by atoms with Crippen LogP contribution in [0.2, 0.25) is 0 Å². The molecule has 0 bridgehead atoms. The lowest BCUT2D eigenvalue weighted by molar-refractivity contribution is -0.133. The molecule has 1 aliphatic rings. The van der Waals surface area contributed by atoms with E-state index >= 15 is 0 Å². The fourth-order valence-electron chi connectivity index (χ4n) is 3.20. The summed E-state index contributed by atoms with van der Waals surface area (Å²) in [6.45, 7) is 5.61. The second-order valence-corrected chi connectivity index (χ2v) is 6.81. The number of carbonyl (C=O) groups is 1. The van der Waals surface area contributed by atoms with Crippen LogP contribution in [0, 0.1) is 11.7 Å². The minimum atomic E-state index is -0.272. The van der Waals surface area contributed by atoms with Gasteiger partial charge in [-0.15, -0.1) is 0 Å². The third-order valence-electron chi connectivity index (χ3n) is 4.60. The Morgan fingerprint density at radius 3 is 2.57 bits per heavy atom. The molecule has 1 aromatic carbocycles. The van der Waals surface area contributed by atoms with Crippen LogP contribution in [0.4, 0.5) is 4.39 Å². The minimum Gasteiger partial charge on any atom is -0.378 e. The van der Waals surface area contributed by atoms with Crippen molar-refractivity contribution in [3.8, 4) is 0 Å². The van der Waals surface area contributed by atoms with Crippen molar-refractivity contribution < 1.29 is 13.9 Å². The van der Waals surface area contributed by atoms with E-state index in [1.54, 1.807) is 17.0 Å². The highest BCUT2D eigenvalue weighted by atomic mass is 19.1. The molecule has 1 amide bonds. The lowest BCUT2D eigenvalue weighted by Gasteiger charge is -2.29. The first-order chi connectivity index (χ1) is 11.0. The number of carbonyl (C=O) groups excluding carboxylic acids is 1. The topological polar surface area (TPSA) is 29.5 Å². The summed E-state index contributed by atoms with van der Waals surface area (Å²) in [4.78, 5) is 14.6. The number of hydrogen-bond acceptors (Lipinski definition) is 2. The molecule has 0 N–H and O–H groups in total. The first-order valence-corrected chi connectivity index (χ1v) is 8.61. The van der Waals surface area contributed by atoms with Crippen molar-refractivity contribution in [2.45, 2.75) is 51.6 Å². The summed E-state index contributed by atoms with van der Waals surface area (Å²) in [6.07, 6.45) is 4.62. The van der Waals surface area contributed by atoms with Crippen LogP contribution < -0.4 is 0 Å². The van der Waals surface area contributed by atoms with Crippen LogP contribution in [0.5, 0.6) is 0 Å². The normalized spacial score (nSPS) is 19.6. The zero-order valence-corrected chi connectivity index (χ0v) is 14.4. The molecule has 0 spiro atoms. The highest BCUT2D eigenvalue weighted by molar-refractivity contribution is 5.83. The van der Waals surface area contributed by atoms with Gasteiger partial charge in [0.05, 0.1) is 12.0 Å². The second-order valence-electron chi connectivity index (χ2n) is 6.81. The molecular weight excluding hydrogens is 293 g/mol. The van der Waals surface area contributed by atoms with E-state index in [2.05, 4.69) is 0 Å². The average Bonchev–Trinajstić information content (AvgIpc) is 2.55. The van der Waals surface area contributed by atoms with Gasteiger partial charge in [0.2, 0.25) is 5.91 Å². The fraction of sp³-hybridized carbons (Fsp3) is 0.632. The van der Waals surface area contributed by atoms with E-state index in [9.17, 15) is 9.18 Å². The van der Waals surface area contributed by atoms with Gasteiger partial charge in [-0.25, -0.2) is 4.39 Å². The third kappa shape index (κ3) is 5.03. The molecule has 1 aromatic rings. The molecular formula is C19H28FNO2. The van der Waals surface area contributed by atoms with Crippen molar-refractivity contribution in [2.24, 2.45) is 5.92 Å². The number of ether oxygens (including phenoxy) is 1. The van der Waals surface area contributed by atoms with Gasteiger partial charge in [0, 0.05) is 20.2 Å². The number of amides is 1. The fourth-order valence-corrected chi connectivity index (χ4v) is 3.20. The van der Waals surface area contributed by atoms with Gasteiger partial charge in [0.1, 0.15) is 5.82 Å². The highest BCUT2D eigenvalue weighted by Crippen LogP contribution is 2.27. The molecule has 0 saturated carbocycles. The zero-order chi connectivity index (χ0) is 16.8. The predicted octanol–water partition coefficient (Wildman–Crippen LogP) is 3.98. The lowest BCUT2D eigenvalue weighted by atomic mass is 9.87. The average molecular weight is 321 g/mol. The monoisotopic (exact) mass is 321 g/mol. The van der Waals surface area contributed by atoms with Crippen LogP contribution in [0.1, 0.15) is 51.0 Å². The molecule has 2 atom stereocenters. The van der Waals surface area contributed by atoms with Crippen LogP contribution in [0.3, 0.4) is 0 Å². The number of likely N-dealkylation sites (N-methyl/N-ethyl adjacent to an activating group) is 1. The van der Waals surface area contributed by atoms with Crippen molar-refractivity contribution >= 4 is 5.91 Å². The molecule has 23 heavy (non-hydrogen) atoms. The molecule has 2 unspecified atom stereocenters. The molecule has 128 valence electrons. The van der Waals surface area contributed by atoms with Crippen LogP contribution in [0.25, 0.3) is 0 Å². The summed E-state index contributed by atoms with van der Waals surface area (Å²) in [5, 5.41) is 0. The maximum absolute atomic E-state index is 13.1. The number of hydrogen-bond donors (Lipinski definition) is 0. The van der Waals surface area contributed by atoms with Gasteiger partial charge in [-0.05, 0) is 49.3 Å². The van der Waals surface area contributed by atoms with Gasteiger partial charge in [0.25, 0.3) is 0 Å². The Kier molecular flexibility index (Phi) is 6.58. The van der Waals surface area contributed by atoms with Crippen molar-refractivity contribution in [3.63, 3.8) is 0 Å². The van der Waals surface area contributed by atoms with Gasteiger partial charge < -0.3 is 9.64 Å².